The molecule has 4 fully saturated rings. The molecule has 2 aliphatic carbocycles. The van der Waals surface area contributed by atoms with Gasteiger partial charge in [-0.15, -0.1) is 0 Å². The van der Waals surface area contributed by atoms with E-state index in [1.807, 2.05) is 24.3 Å². The highest BCUT2D eigenvalue weighted by Crippen LogP contribution is 2.33. The number of rotatable bonds is 9. The summed E-state index contributed by atoms with van der Waals surface area (Å²) in [4.78, 5) is 52.0. The van der Waals surface area contributed by atoms with E-state index in [9.17, 15) is 23.5 Å². The van der Waals surface area contributed by atoms with Crippen LogP contribution in [0, 0.1) is 34.3 Å². The highest BCUT2D eigenvalue weighted by atomic mass is 32.2. The Morgan fingerprint density at radius 1 is 0.658 bits per heavy atom. The smallest absolute Gasteiger partial charge is 0.270 e. The minimum absolute atomic E-state index is 0.00762. The molecular formula is C53H64F2N14O3S. The summed E-state index contributed by atoms with van der Waals surface area (Å²) in [5.74, 6) is -0.496. The zero-order chi connectivity index (χ0) is 51.9. The molecule has 4 aliphatic rings. The van der Waals surface area contributed by atoms with Crippen LogP contribution in [0.15, 0.2) is 75.7 Å². The van der Waals surface area contributed by atoms with Crippen LogP contribution in [-0.2, 0) is 10.8 Å². The number of hydrogen-bond acceptors (Lipinski definition) is 15. The molecule has 10 rings (SSSR count). The Kier molecular flexibility index (Phi) is 16.8. The number of hydrogen-bond donors (Lipinski definition) is 2. The number of nitriles is 2. The molecule has 0 amide bonds. The number of halogens is 2. The Hall–Kier alpha value is -6.87. The maximum Gasteiger partial charge on any atom is 0.270 e. The zero-order valence-corrected chi connectivity index (χ0v) is 43.0. The predicted octanol–water partition coefficient (Wildman–Crippen LogP) is 7.65. The molecule has 2 saturated heterocycles. The van der Waals surface area contributed by atoms with Gasteiger partial charge in [-0.3, -0.25) is 32.7 Å². The Morgan fingerprint density at radius 3 is 1.55 bits per heavy atom. The van der Waals surface area contributed by atoms with Crippen molar-refractivity contribution in [2.24, 2.45) is 0 Å². The Morgan fingerprint density at radius 2 is 1.11 bits per heavy atom. The molecule has 2 aromatic carbocycles. The predicted molar refractivity (Wildman–Crippen MR) is 283 cm³/mol. The fourth-order valence-corrected chi connectivity index (χ4v) is 10.6. The molecule has 0 spiro atoms. The maximum absolute atomic E-state index is 15.1. The second-order valence-electron chi connectivity index (χ2n) is 19.7. The zero-order valence-electron chi connectivity index (χ0n) is 42.2. The molecule has 17 nitrogen and oxygen atoms in total. The van der Waals surface area contributed by atoms with Gasteiger partial charge in [-0.25, -0.2) is 23.7 Å². The van der Waals surface area contributed by atoms with Gasteiger partial charge in [0.2, 0.25) is 11.1 Å². The summed E-state index contributed by atoms with van der Waals surface area (Å²) in [6.07, 6.45) is 12.4. The van der Waals surface area contributed by atoms with Crippen molar-refractivity contribution >= 4 is 61.6 Å². The molecule has 2 aliphatic heterocycles. The van der Waals surface area contributed by atoms with Crippen molar-refractivity contribution in [1.29, 1.82) is 10.5 Å². The standard InChI is InChI=1S/C26H30FN7O.C14H14N4O2S.C13H20FN3/c1-17(2)32-9-11-33(12-10-32)21-7-8-23(22(27)14-21)30-26-29-16-19-13-18(15-28)25(35)34(24(19)31-26)20-5-3-4-6-20;1-21(20)14-16-8-10-6-9(7-15)13(19)18(12(10)17-14)11-4-2-3-5-11;1-10(2)16-5-7-17(8-6-16)11-3-4-13(15)12(14)9-11/h7-8,13-14,16-17,20H,3-6,9-12H2,1-2H3,(H,29,30,31);6,8,11H,2-5H2,1H3;3-4,9-10H,5-8,15H2,1-2H3. The summed E-state index contributed by atoms with van der Waals surface area (Å²) >= 11 is 0. The van der Waals surface area contributed by atoms with Crippen LogP contribution in [0.2, 0.25) is 0 Å². The molecule has 6 aromatic rings. The van der Waals surface area contributed by atoms with Crippen LogP contribution in [0.25, 0.3) is 22.1 Å². The molecule has 20 heteroatoms. The fraction of sp³-hybridized carbons (Fsp3) is 0.472. The van der Waals surface area contributed by atoms with E-state index in [0.29, 0.717) is 34.2 Å². The molecule has 0 radical (unpaired) electrons. The van der Waals surface area contributed by atoms with Gasteiger partial charge in [0.25, 0.3) is 11.1 Å². The fourth-order valence-electron chi connectivity index (χ4n) is 10.2. The lowest BCUT2D eigenvalue weighted by atomic mass is 10.2. The number of nitrogens with one attached hydrogen (secondary N) is 1. The van der Waals surface area contributed by atoms with Gasteiger partial charge in [0.15, 0.2) is 0 Å². The molecule has 0 bridgehead atoms. The van der Waals surface area contributed by atoms with Crippen molar-refractivity contribution < 1.29 is 13.0 Å². The highest BCUT2D eigenvalue weighted by molar-refractivity contribution is 7.84. The van der Waals surface area contributed by atoms with Crippen LogP contribution < -0.4 is 32.0 Å². The minimum atomic E-state index is -1.31. The van der Waals surface area contributed by atoms with Crippen LogP contribution in [0.1, 0.15) is 102 Å². The van der Waals surface area contributed by atoms with E-state index in [4.69, 9.17) is 11.0 Å². The first-order valence-corrected chi connectivity index (χ1v) is 26.8. The number of nitrogens with zero attached hydrogens (tertiary/aromatic N) is 12. The SMILES string of the molecule is CC(C)N1CCN(c2ccc(N)c(F)c2)CC1.CC(C)N1CCN(c2ccc(Nc3ncc4cc(C#N)c(=O)n(C5CCCC5)c4n3)c(F)c2)CC1.CS(=O)c1ncc2cc(C#N)c(=O)n(C3CCCC3)c2n1. The Bertz CT molecular complexity index is 3180. The van der Waals surface area contributed by atoms with Crippen molar-refractivity contribution in [2.75, 3.05) is 79.5 Å². The van der Waals surface area contributed by atoms with Crippen molar-refractivity contribution in [3.63, 3.8) is 0 Å². The summed E-state index contributed by atoms with van der Waals surface area (Å²) < 4.78 is 43.2. The van der Waals surface area contributed by atoms with E-state index in [1.165, 1.54) is 30.7 Å². The minimum Gasteiger partial charge on any atom is -0.396 e. The molecule has 4 aromatic heterocycles. The Labute approximate surface area is 426 Å². The van der Waals surface area contributed by atoms with E-state index in [-0.39, 0.29) is 68.4 Å². The summed E-state index contributed by atoms with van der Waals surface area (Å²) in [7, 11) is -1.31. The van der Waals surface area contributed by atoms with E-state index < -0.39 is 10.8 Å². The number of aromatic nitrogens is 6. The second kappa shape index (κ2) is 23.3. The molecule has 3 N–H and O–H groups in total. The highest BCUT2D eigenvalue weighted by Gasteiger charge is 2.26. The van der Waals surface area contributed by atoms with Crippen LogP contribution >= 0.6 is 0 Å². The third-order valence-corrected chi connectivity index (χ3v) is 15.1. The number of piperazine rings is 2. The Balaban J connectivity index is 0.000000159. The van der Waals surface area contributed by atoms with Gasteiger partial charge >= 0.3 is 0 Å². The van der Waals surface area contributed by atoms with Crippen LogP contribution in [0.5, 0.6) is 0 Å². The van der Waals surface area contributed by atoms with E-state index >= 15 is 4.39 Å². The normalized spacial score (nSPS) is 17.3. The first kappa shape index (κ1) is 52.5. The largest absolute Gasteiger partial charge is 0.396 e. The average Bonchev–Trinajstić information content (AvgIpc) is 4.14. The summed E-state index contributed by atoms with van der Waals surface area (Å²) in [5, 5.41) is 23.0. The molecule has 6 heterocycles. The summed E-state index contributed by atoms with van der Waals surface area (Å²) in [5.41, 5.74) is 8.25. The van der Waals surface area contributed by atoms with Crippen molar-refractivity contribution in [3.8, 4) is 12.1 Å². The summed E-state index contributed by atoms with van der Waals surface area (Å²) in [6.45, 7) is 16.4. The van der Waals surface area contributed by atoms with Crippen molar-refractivity contribution in [2.45, 2.75) is 108 Å². The molecule has 1 atom stereocenters. The first-order valence-electron chi connectivity index (χ1n) is 25.2. The average molecular weight is 1020 g/mol. The number of nitrogens with two attached hydrogens (primary N) is 1. The van der Waals surface area contributed by atoms with E-state index in [1.54, 1.807) is 33.5 Å². The number of fused-ring (bicyclic) bond motifs is 2. The first-order chi connectivity index (χ1) is 35.1. The number of nitrogen functional groups attached to an aromatic ring is 1. The maximum atomic E-state index is 15.1. The van der Waals surface area contributed by atoms with Gasteiger partial charge in [-0.2, -0.15) is 15.5 Å². The molecule has 2 saturated carbocycles. The topological polar surface area (TPSA) is 211 Å². The third-order valence-electron chi connectivity index (χ3n) is 14.4. The van der Waals surface area contributed by atoms with Crippen LogP contribution in [0.3, 0.4) is 0 Å². The van der Waals surface area contributed by atoms with Gasteiger partial charge in [0.1, 0.15) is 46.2 Å². The van der Waals surface area contributed by atoms with E-state index in [0.717, 1.165) is 115 Å². The van der Waals surface area contributed by atoms with Gasteiger partial charge in [0, 0.05) is 117 Å². The lowest BCUT2D eigenvalue weighted by Crippen LogP contribution is -2.48. The van der Waals surface area contributed by atoms with Gasteiger partial charge in [-0.05, 0) is 102 Å². The van der Waals surface area contributed by atoms with Crippen LogP contribution in [-0.4, -0.2) is 114 Å². The number of benzene rings is 2. The molecular weight excluding hydrogens is 951 g/mol. The quantitative estimate of drug-likeness (QED) is 0.105. The number of anilines is 5. The number of pyridine rings is 2. The van der Waals surface area contributed by atoms with E-state index in [2.05, 4.69) is 72.5 Å². The second-order valence-corrected chi connectivity index (χ2v) is 20.9. The molecule has 384 valence electrons. The summed E-state index contributed by atoms with van der Waals surface area (Å²) in [6, 6.07) is 18.3. The van der Waals surface area contributed by atoms with Crippen LogP contribution in [0.4, 0.5) is 37.5 Å². The lowest BCUT2D eigenvalue weighted by Gasteiger charge is -2.38. The van der Waals surface area contributed by atoms with Crippen molar-refractivity contribution in [1.82, 2.24) is 38.9 Å². The molecule has 73 heavy (non-hydrogen) atoms. The third kappa shape index (κ3) is 12.0. The van der Waals surface area contributed by atoms with Crippen molar-refractivity contribution in [3.05, 3.63) is 104 Å². The van der Waals surface area contributed by atoms with Gasteiger partial charge < -0.3 is 20.9 Å². The van der Waals surface area contributed by atoms with Gasteiger partial charge in [-0.1, -0.05) is 25.7 Å². The monoisotopic (exact) mass is 1010 g/mol. The lowest BCUT2D eigenvalue weighted by molar-refractivity contribution is 0.209. The molecule has 1 unspecified atom stereocenters. The van der Waals surface area contributed by atoms with Gasteiger partial charge in [0.05, 0.1) is 22.2 Å².